The number of Topliss-reactive ketones (excluding diaryl/α,β-unsaturated/α-hetero) is 1. The highest BCUT2D eigenvalue weighted by molar-refractivity contribution is 5.94. The van der Waals surface area contributed by atoms with E-state index in [0.29, 0.717) is 22.5 Å². The van der Waals surface area contributed by atoms with E-state index in [9.17, 15) is 33.1 Å². The number of aromatic nitrogens is 2. The summed E-state index contributed by atoms with van der Waals surface area (Å²) in [6.07, 6.45) is 0.0461. The summed E-state index contributed by atoms with van der Waals surface area (Å²) < 4.78 is 35.2. The Kier molecular flexibility index (Phi) is 5.46. The largest absolute Gasteiger partial charge is 0.460 e. The average molecular weight is 523 g/mol. The van der Waals surface area contributed by atoms with E-state index in [4.69, 9.17) is 4.74 Å². The second kappa shape index (κ2) is 8.52. The molecule has 11 heteroatoms. The quantitative estimate of drug-likeness (QED) is 0.410. The van der Waals surface area contributed by atoms with Crippen molar-refractivity contribution >= 4 is 28.6 Å². The molecule has 5 heterocycles. The number of piperidine rings is 1. The molecular formula is C27H23F2N3O6. The van der Waals surface area contributed by atoms with E-state index < -0.39 is 28.8 Å². The zero-order chi connectivity index (χ0) is 26.9. The van der Waals surface area contributed by atoms with E-state index in [0.717, 1.165) is 12.1 Å². The number of ketones is 1. The van der Waals surface area contributed by atoms with Gasteiger partial charge in [0.05, 0.1) is 42.0 Å². The highest BCUT2D eigenvalue weighted by Gasteiger charge is 2.40. The lowest BCUT2D eigenvalue weighted by Gasteiger charge is -2.27. The van der Waals surface area contributed by atoms with Gasteiger partial charge in [0.25, 0.3) is 5.56 Å². The molecule has 1 saturated heterocycles. The number of pyridine rings is 2. The van der Waals surface area contributed by atoms with Crippen molar-refractivity contribution in [2.45, 2.75) is 57.9 Å². The summed E-state index contributed by atoms with van der Waals surface area (Å²) in [4.78, 5) is 56.4. The maximum Gasteiger partial charge on any atom is 0.309 e. The number of aliphatic hydroxyl groups is 1. The number of rotatable bonds is 3. The van der Waals surface area contributed by atoms with Crippen molar-refractivity contribution in [2.24, 2.45) is 0 Å². The topological polar surface area (TPSA) is 119 Å². The summed E-state index contributed by atoms with van der Waals surface area (Å²) in [7, 11) is 0. The first-order valence-corrected chi connectivity index (χ1v) is 12.3. The molecule has 196 valence electrons. The number of halogens is 2. The Morgan fingerprint density at radius 2 is 1.82 bits per heavy atom. The maximum absolute atomic E-state index is 14.4. The van der Waals surface area contributed by atoms with Gasteiger partial charge in [-0.15, -0.1) is 0 Å². The predicted molar refractivity (Wildman–Crippen MR) is 129 cm³/mol. The molecule has 0 spiro atoms. The summed E-state index contributed by atoms with van der Waals surface area (Å²) in [5, 5.41) is 11.6. The van der Waals surface area contributed by atoms with E-state index in [1.165, 1.54) is 9.47 Å². The second-order valence-electron chi connectivity index (χ2n) is 10.0. The van der Waals surface area contributed by atoms with Gasteiger partial charge < -0.3 is 19.3 Å². The Labute approximate surface area is 214 Å². The minimum atomic E-state index is -1.63. The van der Waals surface area contributed by atoms with Crippen LogP contribution in [0.4, 0.5) is 8.78 Å². The van der Waals surface area contributed by atoms with Gasteiger partial charge >= 0.3 is 5.97 Å². The lowest BCUT2D eigenvalue weighted by molar-refractivity contribution is -0.149. The summed E-state index contributed by atoms with van der Waals surface area (Å²) in [5.74, 6) is -3.15. The molecule has 1 fully saturated rings. The molecule has 6 rings (SSSR count). The van der Waals surface area contributed by atoms with Crippen LogP contribution in [0.2, 0.25) is 0 Å². The molecule has 1 aromatic carbocycles. The third kappa shape index (κ3) is 3.64. The van der Waals surface area contributed by atoms with Crippen molar-refractivity contribution in [3.8, 4) is 11.4 Å². The van der Waals surface area contributed by atoms with Gasteiger partial charge in [-0.05, 0) is 29.7 Å². The Bertz CT molecular complexity index is 1650. The molecule has 0 saturated carbocycles. The van der Waals surface area contributed by atoms with E-state index in [1.807, 2.05) is 0 Å². The van der Waals surface area contributed by atoms with Crippen LogP contribution in [-0.4, -0.2) is 43.8 Å². The molecule has 1 unspecified atom stereocenters. The van der Waals surface area contributed by atoms with Gasteiger partial charge in [-0.2, -0.15) is 0 Å². The van der Waals surface area contributed by atoms with Crippen LogP contribution >= 0.6 is 0 Å². The number of carbonyl (C=O) groups excluding carboxylic acids is 3. The van der Waals surface area contributed by atoms with Crippen molar-refractivity contribution in [3.63, 3.8) is 0 Å². The molecule has 0 radical (unpaired) electrons. The van der Waals surface area contributed by atoms with Crippen molar-refractivity contribution in [1.82, 2.24) is 14.5 Å². The Balaban J connectivity index is 1.59. The lowest BCUT2D eigenvalue weighted by atomic mass is 9.85. The van der Waals surface area contributed by atoms with Crippen LogP contribution in [0.25, 0.3) is 22.3 Å². The molecule has 0 bridgehead atoms. The Morgan fingerprint density at radius 3 is 2.58 bits per heavy atom. The van der Waals surface area contributed by atoms with Crippen molar-refractivity contribution in [2.75, 3.05) is 6.54 Å². The number of amides is 1. The fourth-order valence-electron chi connectivity index (χ4n) is 5.65. The van der Waals surface area contributed by atoms with E-state index >= 15 is 0 Å². The summed E-state index contributed by atoms with van der Waals surface area (Å²) >= 11 is 0. The number of hydrogen-bond donors (Lipinski definition) is 1. The zero-order valence-electron chi connectivity index (χ0n) is 20.5. The molecule has 2 aromatic heterocycles. The SMILES string of the molecule is CCC1(O)CC(=O)OCc2c1cc1n(c2=O)Cc2c-1nc1cc(F)c(F)cc1c2CN1CC(=O)CCC1=O. The average Bonchev–Trinajstić information content (AvgIpc) is 3.18. The Hall–Kier alpha value is -3.99. The zero-order valence-corrected chi connectivity index (χ0v) is 20.5. The molecular weight excluding hydrogens is 500 g/mol. The molecule has 1 atom stereocenters. The van der Waals surface area contributed by atoms with E-state index in [1.54, 1.807) is 13.0 Å². The number of ether oxygens (including phenoxy) is 1. The minimum absolute atomic E-state index is 0.0164. The number of benzene rings is 1. The first-order valence-electron chi connectivity index (χ1n) is 12.3. The van der Waals surface area contributed by atoms with Crippen LogP contribution < -0.4 is 5.56 Å². The summed E-state index contributed by atoms with van der Waals surface area (Å²) in [5.41, 5.74) is 0.0872. The smallest absolute Gasteiger partial charge is 0.309 e. The minimum Gasteiger partial charge on any atom is -0.460 e. The third-order valence-electron chi connectivity index (χ3n) is 7.79. The molecule has 1 N–H and O–H groups in total. The molecule has 3 aromatic rings. The van der Waals surface area contributed by atoms with Crippen molar-refractivity contribution in [1.29, 1.82) is 0 Å². The first kappa shape index (κ1) is 24.4. The van der Waals surface area contributed by atoms with Gasteiger partial charge in [-0.1, -0.05) is 6.92 Å². The van der Waals surface area contributed by atoms with Crippen LogP contribution in [0.3, 0.4) is 0 Å². The lowest BCUT2D eigenvalue weighted by Crippen LogP contribution is -2.39. The molecule has 1 amide bonds. The van der Waals surface area contributed by atoms with Gasteiger partial charge in [0.15, 0.2) is 17.4 Å². The molecule has 0 aliphatic carbocycles. The number of fused-ring (bicyclic) bond motifs is 5. The fraction of sp³-hybridized carbons (Fsp3) is 0.370. The number of carbonyl (C=O) groups is 3. The number of nitrogens with zero attached hydrogens (tertiary/aromatic N) is 3. The van der Waals surface area contributed by atoms with Gasteiger partial charge in [-0.25, -0.2) is 13.8 Å². The normalized spacial score (nSPS) is 20.7. The Morgan fingerprint density at radius 1 is 1.05 bits per heavy atom. The van der Waals surface area contributed by atoms with Crippen LogP contribution in [0.1, 0.15) is 54.9 Å². The second-order valence-corrected chi connectivity index (χ2v) is 10.0. The number of esters is 1. The maximum atomic E-state index is 14.4. The van der Waals surface area contributed by atoms with Crippen molar-refractivity contribution < 1.29 is 33.0 Å². The fourth-order valence-corrected chi connectivity index (χ4v) is 5.65. The predicted octanol–water partition coefficient (Wildman–Crippen LogP) is 2.44. The summed E-state index contributed by atoms with van der Waals surface area (Å²) in [6, 6.07) is 3.57. The van der Waals surface area contributed by atoms with Crippen molar-refractivity contribution in [3.05, 3.63) is 62.4 Å². The molecule has 3 aliphatic rings. The standard InChI is InChI=1S/C27H23F2N3O6/c1-2-27(37)8-24(35)38-12-17-18(27)6-22-25-16(11-32(22)26(17)36)15(10-31-9-13(33)3-4-23(31)34)14-5-19(28)20(29)7-21(14)30-25/h5-7,37H,2-4,8-12H2,1H3. The number of likely N-dealkylation sites (tertiary alicyclic amines) is 1. The highest BCUT2D eigenvalue weighted by atomic mass is 19.2. The summed E-state index contributed by atoms with van der Waals surface area (Å²) in [6.45, 7) is 1.27. The first-order chi connectivity index (χ1) is 18.1. The van der Waals surface area contributed by atoms with Crippen LogP contribution in [-0.2, 0) is 44.4 Å². The molecule has 38 heavy (non-hydrogen) atoms. The monoisotopic (exact) mass is 523 g/mol. The number of hydrogen-bond acceptors (Lipinski definition) is 7. The number of cyclic esters (lactones) is 1. The van der Waals surface area contributed by atoms with Gasteiger partial charge in [0, 0.05) is 36.4 Å². The van der Waals surface area contributed by atoms with Crippen LogP contribution in [0.5, 0.6) is 0 Å². The van der Waals surface area contributed by atoms with Crippen LogP contribution in [0, 0.1) is 11.6 Å². The third-order valence-corrected chi connectivity index (χ3v) is 7.79. The molecule has 9 nitrogen and oxygen atoms in total. The van der Waals surface area contributed by atoms with E-state index in [-0.39, 0.29) is 85.6 Å². The van der Waals surface area contributed by atoms with Gasteiger partial charge in [0.2, 0.25) is 5.91 Å². The highest BCUT2D eigenvalue weighted by Crippen LogP contribution is 2.41. The van der Waals surface area contributed by atoms with Crippen LogP contribution in [0.15, 0.2) is 23.0 Å². The van der Waals surface area contributed by atoms with E-state index in [2.05, 4.69) is 4.98 Å². The molecule has 3 aliphatic heterocycles. The van der Waals surface area contributed by atoms with Gasteiger partial charge in [-0.3, -0.25) is 19.2 Å². The van der Waals surface area contributed by atoms with Gasteiger partial charge in [0.1, 0.15) is 12.2 Å².